The first kappa shape index (κ1) is 15.3. The zero-order valence-electron chi connectivity index (χ0n) is 9.45. The van der Waals surface area contributed by atoms with Crippen LogP contribution in [-0.4, -0.2) is 23.1 Å². The molecule has 0 aliphatic carbocycles. The number of nitrogens with one attached hydrogen (secondary N) is 1. The number of hydrogen-bond acceptors (Lipinski definition) is 4. The Morgan fingerprint density at radius 3 is 2.58 bits per heavy atom. The molecule has 0 aliphatic heterocycles. The summed E-state index contributed by atoms with van der Waals surface area (Å²) in [5.74, 6) is -1.61. The van der Waals surface area contributed by atoms with Crippen LogP contribution in [0.1, 0.15) is 6.92 Å². The van der Waals surface area contributed by atoms with Crippen molar-refractivity contribution in [1.82, 2.24) is 0 Å². The summed E-state index contributed by atoms with van der Waals surface area (Å²) in [6.45, 7) is 1.27. The van der Waals surface area contributed by atoms with Gasteiger partial charge in [-0.15, -0.1) is 13.2 Å². The van der Waals surface area contributed by atoms with Gasteiger partial charge in [0.15, 0.2) is 0 Å². The smallest absolute Gasteiger partial charge is 0.477 e. The topological polar surface area (TPSA) is 70.9 Å². The van der Waals surface area contributed by atoms with Gasteiger partial charge in [-0.05, 0) is 41.1 Å². The highest BCUT2D eigenvalue weighted by atomic mass is 79.9. The van der Waals surface area contributed by atoms with E-state index < -0.39 is 18.1 Å². The minimum atomic E-state index is -4.77. The van der Waals surface area contributed by atoms with Gasteiger partial charge < -0.3 is 9.84 Å². The Kier molecular flexibility index (Phi) is 4.76. The Morgan fingerprint density at radius 1 is 1.47 bits per heavy atom. The lowest BCUT2D eigenvalue weighted by Crippen LogP contribution is -2.17. The van der Waals surface area contributed by atoms with E-state index in [-0.39, 0.29) is 10.2 Å². The zero-order chi connectivity index (χ0) is 14.6. The summed E-state index contributed by atoms with van der Waals surface area (Å²) in [4.78, 5) is 10.5. The number of alkyl halides is 3. The van der Waals surface area contributed by atoms with Gasteiger partial charge >= 0.3 is 12.3 Å². The van der Waals surface area contributed by atoms with Crippen molar-refractivity contribution in [1.29, 1.82) is 0 Å². The lowest BCUT2D eigenvalue weighted by molar-refractivity contribution is -0.274. The maximum absolute atomic E-state index is 12.0. The number of carbonyl (C=O) groups is 1. The monoisotopic (exact) mass is 340 g/mol. The Hall–Kier alpha value is -1.77. The van der Waals surface area contributed by atoms with Crippen LogP contribution in [0.5, 0.6) is 5.75 Å². The number of benzene rings is 1. The summed E-state index contributed by atoms with van der Waals surface area (Å²) in [6, 6.07) is 3.43. The maximum Gasteiger partial charge on any atom is 0.573 e. The van der Waals surface area contributed by atoms with E-state index in [1.54, 1.807) is 0 Å². The van der Waals surface area contributed by atoms with Gasteiger partial charge in [-0.2, -0.15) is 5.10 Å². The molecule has 0 aromatic heterocycles. The van der Waals surface area contributed by atoms with E-state index in [4.69, 9.17) is 5.11 Å². The number of ether oxygens (including phenoxy) is 1. The molecule has 0 saturated heterocycles. The largest absolute Gasteiger partial charge is 0.573 e. The van der Waals surface area contributed by atoms with E-state index in [1.165, 1.54) is 13.0 Å². The summed E-state index contributed by atoms with van der Waals surface area (Å²) in [5, 5.41) is 12.1. The molecule has 0 bridgehead atoms. The molecule has 0 amide bonds. The highest BCUT2D eigenvalue weighted by molar-refractivity contribution is 9.10. The first-order valence-electron chi connectivity index (χ1n) is 4.78. The molecule has 104 valence electrons. The SMILES string of the molecule is CC(=NNc1ccc(OC(F)(F)F)cc1Br)C(=O)O. The summed E-state index contributed by atoms with van der Waals surface area (Å²) in [5.41, 5.74) is 2.52. The van der Waals surface area contributed by atoms with Crippen molar-refractivity contribution in [3.63, 3.8) is 0 Å². The molecule has 0 radical (unpaired) electrons. The number of hydrazone groups is 1. The third-order valence-electron chi connectivity index (χ3n) is 1.83. The second-order valence-electron chi connectivity index (χ2n) is 3.30. The zero-order valence-corrected chi connectivity index (χ0v) is 11.0. The quantitative estimate of drug-likeness (QED) is 0.652. The highest BCUT2D eigenvalue weighted by Gasteiger charge is 2.31. The van der Waals surface area contributed by atoms with Crippen LogP contribution in [0.3, 0.4) is 0 Å². The molecule has 1 rings (SSSR count). The van der Waals surface area contributed by atoms with E-state index in [9.17, 15) is 18.0 Å². The van der Waals surface area contributed by atoms with Gasteiger partial charge in [0, 0.05) is 4.47 Å². The second-order valence-corrected chi connectivity index (χ2v) is 4.16. The Balaban J connectivity index is 2.84. The number of hydrogen-bond donors (Lipinski definition) is 2. The molecule has 0 atom stereocenters. The normalized spacial score (nSPS) is 12.2. The van der Waals surface area contributed by atoms with Crippen molar-refractivity contribution in [2.75, 3.05) is 5.43 Å². The van der Waals surface area contributed by atoms with Crippen LogP contribution in [0.4, 0.5) is 18.9 Å². The van der Waals surface area contributed by atoms with Crippen molar-refractivity contribution in [2.24, 2.45) is 5.10 Å². The van der Waals surface area contributed by atoms with Gasteiger partial charge in [0.1, 0.15) is 11.5 Å². The Morgan fingerprint density at radius 2 is 2.11 bits per heavy atom. The first-order valence-corrected chi connectivity index (χ1v) is 5.57. The molecule has 1 aromatic rings. The fourth-order valence-electron chi connectivity index (χ4n) is 0.976. The van der Waals surface area contributed by atoms with Crippen LogP contribution >= 0.6 is 15.9 Å². The van der Waals surface area contributed by atoms with Gasteiger partial charge in [-0.25, -0.2) is 4.79 Å². The van der Waals surface area contributed by atoms with Crippen molar-refractivity contribution in [3.05, 3.63) is 22.7 Å². The van der Waals surface area contributed by atoms with Crippen LogP contribution < -0.4 is 10.2 Å². The minimum absolute atomic E-state index is 0.192. The van der Waals surface area contributed by atoms with Gasteiger partial charge in [0.25, 0.3) is 0 Å². The van der Waals surface area contributed by atoms with Gasteiger partial charge in [0.05, 0.1) is 5.69 Å². The Labute approximate surface area is 114 Å². The van der Waals surface area contributed by atoms with Crippen LogP contribution in [-0.2, 0) is 4.79 Å². The lowest BCUT2D eigenvalue weighted by atomic mass is 10.3. The van der Waals surface area contributed by atoms with Crippen LogP contribution in [0.25, 0.3) is 0 Å². The molecule has 0 unspecified atom stereocenters. The minimum Gasteiger partial charge on any atom is -0.477 e. The van der Waals surface area contributed by atoms with Crippen LogP contribution in [0.2, 0.25) is 0 Å². The molecule has 5 nitrogen and oxygen atoms in total. The number of aliphatic carboxylic acids is 1. The summed E-state index contributed by atoms with van der Waals surface area (Å²) >= 11 is 3.02. The second kappa shape index (κ2) is 5.91. The average Bonchev–Trinajstić information content (AvgIpc) is 2.25. The lowest BCUT2D eigenvalue weighted by Gasteiger charge is -2.10. The van der Waals surface area contributed by atoms with E-state index >= 15 is 0 Å². The van der Waals surface area contributed by atoms with E-state index in [0.29, 0.717) is 5.69 Å². The number of carboxylic acids is 1. The van der Waals surface area contributed by atoms with Crippen LogP contribution in [0.15, 0.2) is 27.8 Å². The van der Waals surface area contributed by atoms with Gasteiger partial charge in [-0.1, -0.05) is 0 Å². The number of nitrogens with zero attached hydrogens (tertiary/aromatic N) is 1. The summed E-state index contributed by atoms with van der Waals surface area (Å²) in [7, 11) is 0. The highest BCUT2D eigenvalue weighted by Crippen LogP contribution is 2.30. The van der Waals surface area contributed by atoms with Crippen molar-refractivity contribution < 1.29 is 27.8 Å². The number of halogens is 4. The molecule has 19 heavy (non-hydrogen) atoms. The first-order chi connectivity index (χ1) is 8.69. The molecule has 0 saturated carbocycles. The van der Waals surface area contributed by atoms with Crippen molar-refractivity contribution in [2.45, 2.75) is 13.3 Å². The molecular formula is C10H8BrF3N2O3. The predicted molar refractivity (Wildman–Crippen MR) is 65.2 cm³/mol. The molecule has 2 N–H and O–H groups in total. The van der Waals surface area contributed by atoms with E-state index in [0.717, 1.165) is 12.1 Å². The van der Waals surface area contributed by atoms with Crippen molar-refractivity contribution in [3.8, 4) is 5.75 Å². The standard InChI is InChI=1S/C10H8BrF3N2O3/c1-5(9(17)18)15-16-8-3-2-6(4-7(8)11)19-10(12,13)14/h2-4,16H,1H3,(H,17,18). The predicted octanol–water partition coefficient (Wildman–Crippen LogP) is 3.22. The summed E-state index contributed by atoms with van der Waals surface area (Å²) < 4.78 is 39.9. The van der Waals surface area contributed by atoms with E-state index in [1.807, 2.05) is 0 Å². The number of rotatable bonds is 4. The molecule has 0 aliphatic rings. The Bertz CT molecular complexity index is 517. The molecule has 0 heterocycles. The summed E-state index contributed by atoms with van der Waals surface area (Å²) in [6.07, 6.45) is -4.77. The average molecular weight is 341 g/mol. The molecular weight excluding hydrogens is 333 g/mol. The number of carboxylic acid groups (broad SMARTS) is 1. The fraction of sp³-hybridized carbons (Fsp3) is 0.200. The number of anilines is 1. The van der Waals surface area contributed by atoms with Gasteiger partial charge in [0.2, 0.25) is 0 Å². The molecule has 0 fully saturated rings. The van der Waals surface area contributed by atoms with Gasteiger partial charge in [-0.3, -0.25) is 5.43 Å². The van der Waals surface area contributed by atoms with Crippen LogP contribution in [0, 0.1) is 0 Å². The maximum atomic E-state index is 12.0. The third kappa shape index (κ3) is 5.16. The van der Waals surface area contributed by atoms with Crippen molar-refractivity contribution >= 4 is 33.3 Å². The molecule has 0 spiro atoms. The molecule has 1 aromatic carbocycles. The fourth-order valence-corrected chi connectivity index (χ4v) is 1.42. The van der Waals surface area contributed by atoms with E-state index in [2.05, 4.69) is 31.2 Å². The third-order valence-corrected chi connectivity index (χ3v) is 2.48. The molecule has 9 heteroatoms.